The molecule has 0 amide bonds. The van der Waals surface area contributed by atoms with Crippen molar-refractivity contribution in [2.75, 3.05) is 6.26 Å². The first-order valence-electron chi connectivity index (χ1n) is 8.72. The third kappa shape index (κ3) is 1.89. The lowest BCUT2D eigenvalue weighted by Gasteiger charge is -2.48. The molecule has 4 aliphatic rings. The van der Waals surface area contributed by atoms with Crippen LogP contribution in [0, 0.1) is 23.7 Å². The van der Waals surface area contributed by atoms with Gasteiger partial charge in [0.1, 0.15) is 0 Å². The lowest BCUT2D eigenvalue weighted by atomic mass is 9.56. The summed E-state index contributed by atoms with van der Waals surface area (Å²) < 4.78 is 0. The van der Waals surface area contributed by atoms with Crippen LogP contribution in [0.15, 0.2) is 46.9 Å². The van der Waals surface area contributed by atoms with Gasteiger partial charge in [0.15, 0.2) is 11.5 Å². The molecular weight excluding hydrogens is 332 g/mol. The molecule has 0 fully saturated rings. The minimum absolute atomic E-state index is 0.168. The molecule has 3 unspecified atom stereocenters. The number of benzene rings is 1. The highest BCUT2D eigenvalue weighted by atomic mass is 32.2. The van der Waals surface area contributed by atoms with E-state index < -0.39 is 5.75 Å². The Bertz CT molecular complexity index is 906. The monoisotopic (exact) mass is 352 g/mol. The van der Waals surface area contributed by atoms with Crippen molar-refractivity contribution in [3.8, 4) is 17.2 Å². The Labute approximate surface area is 151 Å². The largest absolute Gasteiger partial charge is 0.504 e. The zero-order valence-corrected chi connectivity index (χ0v) is 14.8. The first kappa shape index (κ1) is 15.2. The molecular formula is C21H20O3S. The second-order valence-electron chi connectivity index (χ2n) is 7.33. The van der Waals surface area contributed by atoms with Crippen LogP contribution in [0.1, 0.15) is 17.5 Å². The number of aromatic hydroxyl groups is 3. The van der Waals surface area contributed by atoms with Gasteiger partial charge in [-0.15, -0.1) is 11.8 Å². The van der Waals surface area contributed by atoms with Gasteiger partial charge in [-0.05, 0) is 53.9 Å². The average molecular weight is 352 g/mol. The van der Waals surface area contributed by atoms with Gasteiger partial charge in [-0.3, -0.25) is 0 Å². The summed E-state index contributed by atoms with van der Waals surface area (Å²) in [4.78, 5) is 0.671. The number of phenols is 3. The Balaban J connectivity index is 1.81. The molecule has 0 radical (unpaired) electrons. The molecule has 1 aromatic rings. The summed E-state index contributed by atoms with van der Waals surface area (Å²) in [5, 5.41) is 31.0. The van der Waals surface area contributed by atoms with Crippen molar-refractivity contribution >= 4 is 17.3 Å². The van der Waals surface area contributed by atoms with Crippen LogP contribution >= 0.6 is 11.8 Å². The fraction of sp³-hybridized carbons (Fsp3) is 0.333. The second-order valence-corrected chi connectivity index (χ2v) is 8.14. The molecule has 0 saturated heterocycles. The lowest BCUT2D eigenvalue weighted by molar-refractivity contribution is 0.267. The summed E-state index contributed by atoms with van der Waals surface area (Å²) in [6.07, 6.45) is 17.2. The van der Waals surface area contributed by atoms with Crippen molar-refractivity contribution in [3.05, 3.63) is 53.2 Å². The predicted octanol–water partition coefficient (Wildman–Crippen LogP) is 4.40. The highest BCUT2D eigenvalue weighted by molar-refractivity contribution is 7.98. The van der Waals surface area contributed by atoms with Gasteiger partial charge in [0.2, 0.25) is 5.75 Å². The minimum atomic E-state index is -0.396. The van der Waals surface area contributed by atoms with E-state index in [1.54, 1.807) is 0 Å². The fourth-order valence-corrected chi connectivity index (χ4v) is 5.95. The smallest absolute Gasteiger partial charge is 0.201 e. The van der Waals surface area contributed by atoms with E-state index in [2.05, 4.69) is 36.5 Å². The van der Waals surface area contributed by atoms with Crippen LogP contribution in [0.2, 0.25) is 0 Å². The van der Waals surface area contributed by atoms with Crippen molar-refractivity contribution in [2.24, 2.45) is 23.7 Å². The zero-order valence-electron chi connectivity index (χ0n) is 13.9. The van der Waals surface area contributed by atoms with Crippen LogP contribution in [0.5, 0.6) is 17.2 Å². The van der Waals surface area contributed by atoms with Crippen LogP contribution in [0.3, 0.4) is 0 Å². The Kier molecular flexibility index (Phi) is 3.17. The number of hydrogen-bond donors (Lipinski definition) is 3. The number of phenolic OH excluding ortho intramolecular Hbond substituents is 3. The van der Waals surface area contributed by atoms with E-state index in [0.29, 0.717) is 35.0 Å². The van der Waals surface area contributed by atoms with Gasteiger partial charge in [0, 0.05) is 11.1 Å². The minimum Gasteiger partial charge on any atom is -0.504 e. The van der Waals surface area contributed by atoms with Crippen LogP contribution in [0.25, 0.3) is 5.57 Å². The summed E-state index contributed by atoms with van der Waals surface area (Å²) in [6.45, 7) is 0. The number of hydrogen-bond acceptors (Lipinski definition) is 4. The second kappa shape index (κ2) is 5.21. The van der Waals surface area contributed by atoms with E-state index in [1.165, 1.54) is 22.9 Å². The molecule has 0 spiro atoms. The van der Waals surface area contributed by atoms with Crippen LogP contribution in [0.4, 0.5) is 0 Å². The summed E-state index contributed by atoms with van der Waals surface area (Å²) in [5.41, 5.74) is 4.28. The third-order valence-corrected chi connectivity index (χ3v) is 7.05. The molecule has 0 bridgehead atoms. The maximum Gasteiger partial charge on any atom is 0.201 e. The van der Waals surface area contributed by atoms with Gasteiger partial charge < -0.3 is 15.3 Å². The molecule has 128 valence electrons. The van der Waals surface area contributed by atoms with E-state index in [9.17, 15) is 15.3 Å². The Morgan fingerprint density at radius 3 is 2.56 bits per heavy atom. The maximum absolute atomic E-state index is 10.5. The third-order valence-electron chi connectivity index (χ3n) is 6.24. The van der Waals surface area contributed by atoms with E-state index in [-0.39, 0.29) is 11.5 Å². The van der Waals surface area contributed by atoms with E-state index in [1.807, 2.05) is 6.26 Å². The molecule has 4 atom stereocenters. The van der Waals surface area contributed by atoms with E-state index >= 15 is 0 Å². The number of fused-ring (bicyclic) bond motifs is 2. The zero-order chi connectivity index (χ0) is 17.3. The van der Waals surface area contributed by atoms with E-state index in [0.717, 1.165) is 17.5 Å². The van der Waals surface area contributed by atoms with Gasteiger partial charge in [-0.25, -0.2) is 0 Å². The molecule has 0 aromatic heterocycles. The summed E-state index contributed by atoms with van der Waals surface area (Å²) in [7, 11) is 0. The Hall–Kier alpha value is -2.07. The maximum atomic E-state index is 10.5. The molecule has 0 heterocycles. The number of rotatable bonds is 1. The number of thioether (sulfide) groups is 1. The van der Waals surface area contributed by atoms with Gasteiger partial charge in [-0.2, -0.15) is 0 Å². The van der Waals surface area contributed by atoms with Crippen LogP contribution < -0.4 is 0 Å². The molecule has 5 rings (SSSR count). The molecule has 4 heteroatoms. The summed E-state index contributed by atoms with van der Waals surface area (Å²) in [6, 6.07) is 0. The number of allylic oxidation sites excluding steroid dienone is 8. The predicted molar refractivity (Wildman–Crippen MR) is 99.8 cm³/mol. The fourth-order valence-electron chi connectivity index (χ4n) is 5.22. The summed E-state index contributed by atoms with van der Waals surface area (Å²) >= 11 is 1.42. The topological polar surface area (TPSA) is 60.7 Å². The Morgan fingerprint density at radius 2 is 1.76 bits per heavy atom. The van der Waals surface area contributed by atoms with Gasteiger partial charge in [0.05, 0.1) is 4.90 Å². The highest BCUT2D eigenvalue weighted by Crippen LogP contribution is 2.59. The molecule has 3 N–H and O–H groups in total. The molecule has 25 heavy (non-hydrogen) atoms. The van der Waals surface area contributed by atoms with Crippen molar-refractivity contribution in [1.29, 1.82) is 0 Å². The molecule has 0 aliphatic heterocycles. The molecule has 0 saturated carbocycles. The van der Waals surface area contributed by atoms with Crippen molar-refractivity contribution < 1.29 is 15.3 Å². The van der Waals surface area contributed by atoms with Crippen molar-refractivity contribution in [1.82, 2.24) is 0 Å². The van der Waals surface area contributed by atoms with Crippen LogP contribution in [-0.4, -0.2) is 21.6 Å². The van der Waals surface area contributed by atoms with Gasteiger partial charge in [-0.1, -0.05) is 36.5 Å². The first-order valence-corrected chi connectivity index (χ1v) is 9.95. The Morgan fingerprint density at radius 1 is 0.960 bits per heavy atom. The van der Waals surface area contributed by atoms with Crippen molar-refractivity contribution in [3.63, 3.8) is 0 Å². The van der Waals surface area contributed by atoms with E-state index in [4.69, 9.17) is 0 Å². The standard InChI is InChI=1S/C21H20O3S/c1-25-21-17-13-8-7-11-4-2-3-10-5-6-12(16(13)15(10)11)9-14(17)18(22)19(23)20(21)24/h2,4-8,10,12,15-16,22-24H,3,9H2,1H3/t10?,12-,15?,16?/m0/s1. The molecule has 3 nitrogen and oxygen atoms in total. The quantitative estimate of drug-likeness (QED) is 0.398. The average Bonchev–Trinajstić information content (AvgIpc) is 2.65. The SMILES string of the molecule is CSc1c(O)c(O)c(O)c2c1C1=CC=C3C=CCC4C=C[C@@H](C2)C1C34. The van der Waals surface area contributed by atoms with Gasteiger partial charge in [0.25, 0.3) is 0 Å². The summed E-state index contributed by atoms with van der Waals surface area (Å²) in [5.74, 6) is 0.928. The lowest BCUT2D eigenvalue weighted by Crippen LogP contribution is -2.39. The highest BCUT2D eigenvalue weighted by Gasteiger charge is 2.46. The first-order chi connectivity index (χ1) is 12.1. The molecule has 1 aromatic carbocycles. The van der Waals surface area contributed by atoms with Gasteiger partial charge >= 0.3 is 0 Å². The van der Waals surface area contributed by atoms with Crippen LogP contribution in [-0.2, 0) is 6.42 Å². The normalized spacial score (nSPS) is 31.1. The van der Waals surface area contributed by atoms with Crippen molar-refractivity contribution in [2.45, 2.75) is 17.7 Å². The molecule has 4 aliphatic carbocycles.